The molecule has 1 atom stereocenters. The molecule has 2 aromatic heterocycles. The maximum atomic E-state index is 6.37. The molecule has 0 radical (unpaired) electrons. The Kier molecular flexibility index (Phi) is 4.14. The fourth-order valence-corrected chi connectivity index (χ4v) is 2.59. The van der Waals surface area contributed by atoms with E-state index >= 15 is 0 Å². The SMILES string of the molecule is CCCn1ncc(Br)c1C(N)c1ccncc1C. The highest BCUT2D eigenvalue weighted by atomic mass is 79.9. The third-order valence-electron chi connectivity index (χ3n) is 2.96. The van der Waals surface area contributed by atoms with Crippen LogP contribution in [0.3, 0.4) is 0 Å². The minimum atomic E-state index is -0.184. The molecule has 1 unspecified atom stereocenters. The number of halogens is 1. The normalized spacial score (nSPS) is 12.7. The van der Waals surface area contributed by atoms with E-state index in [2.05, 4.69) is 32.9 Å². The number of hydrogen-bond donors (Lipinski definition) is 1. The summed E-state index contributed by atoms with van der Waals surface area (Å²) in [6.07, 6.45) is 6.45. The number of nitrogens with zero attached hydrogens (tertiary/aromatic N) is 3. The smallest absolute Gasteiger partial charge is 0.0739 e. The van der Waals surface area contributed by atoms with Gasteiger partial charge in [-0.3, -0.25) is 9.67 Å². The quantitative estimate of drug-likeness (QED) is 0.945. The van der Waals surface area contributed by atoms with Crippen molar-refractivity contribution in [3.63, 3.8) is 0 Å². The zero-order chi connectivity index (χ0) is 13.1. The highest BCUT2D eigenvalue weighted by Gasteiger charge is 2.19. The second-order valence-corrected chi connectivity index (χ2v) is 5.17. The fraction of sp³-hybridized carbons (Fsp3) is 0.385. The highest BCUT2D eigenvalue weighted by molar-refractivity contribution is 9.10. The van der Waals surface area contributed by atoms with Crippen molar-refractivity contribution in [2.24, 2.45) is 5.73 Å². The Bertz CT molecular complexity index is 536. The van der Waals surface area contributed by atoms with E-state index in [9.17, 15) is 0 Å². The summed E-state index contributed by atoms with van der Waals surface area (Å²) in [5, 5.41) is 4.36. The third-order valence-corrected chi connectivity index (χ3v) is 3.57. The standard InChI is InChI=1S/C13H17BrN4/c1-3-6-18-13(11(14)8-17-18)12(15)10-4-5-16-7-9(10)2/h4-5,7-8,12H,3,6,15H2,1-2H3. The largest absolute Gasteiger partial charge is 0.319 e. The molecule has 0 aliphatic rings. The van der Waals surface area contributed by atoms with Crippen LogP contribution in [0.1, 0.15) is 36.2 Å². The lowest BCUT2D eigenvalue weighted by Crippen LogP contribution is -2.19. The van der Waals surface area contributed by atoms with Gasteiger partial charge in [-0.05, 0) is 46.5 Å². The maximum absolute atomic E-state index is 6.37. The zero-order valence-electron chi connectivity index (χ0n) is 10.6. The number of rotatable bonds is 4. The number of aromatic nitrogens is 3. The number of hydrogen-bond acceptors (Lipinski definition) is 3. The van der Waals surface area contributed by atoms with Gasteiger partial charge in [0, 0.05) is 18.9 Å². The van der Waals surface area contributed by atoms with Crippen molar-refractivity contribution < 1.29 is 0 Å². The summed E-state index contributed by atoms with van der Waals surface area (Å²) in [5.41, 5.74) is 9.58. The molecule has 0 saturated carbocycles. The van der Waals surface area contributed by atoms with Gasteiger partial charge in [-0.2, -0.15) is 5.10 Å². The Morgan fingerprint density at radius 1 is 1.44 bits per heavy atom. The Labute approximate surface area is 115 Å². The fourth-order valence-electron chi connectivity index (χ4n) is 2.05. The first-order valence-corrected chi connectivity index (χ1v) is 6.81. The summed E-state index contributed by atoms with van der Waals surface area (Å²) in [4.78, 5) is 4.10. The Hall–Kier alpha value is -1.20. The van der Waals surface area contributed by atoms with Crippen LogP contribution in [-0.4, -0.2) is 14.8 Å². The van der Waals surface area contributed by atoms with Crippen LogP contribution in [0, 0.1) is 6.92 Å². The van der Waals surface area contributed by atoms with Crippen LogP contribution in [0.25, 0.3) is 0 Å². The van der Waals surface area contributed by atoms with Crippen molar-refractivity contribution in [1.82, 2.24) is 14.8 Å². The van der Waals surface area contributed by atoms with Crippen LogP contribution < -0.4 is 5.73 Å². The summed E-state index contributed by atoms with van der Waals surface area (Å²) in [7, 11) is 0. The minimum Gasteiger partial charge on any atom is -0.319 e. The molecular weight excluding hydrogens is 292 g/mol. The average molecular weight is 309 g/mol. The number of pyridine rings is 1. The molecule has 0 aromatic carbocycles. The van der Waals surface area contributed by atoms with Gasteiger partial charge in [0.15, 0.2) is 0 Å². The predicted octanol–water partition coefficient (Wildman–Crippen LogP) is 2.81. The molecule has 2 aromatic rings. The predicted molar refractivity (Wildman–Crippen MR) is 75.2 cm³/mol. The molecule has 0 bridgehead atoms. The van der Waals surface area contributed by atoms with Crippen molar-refractivity contribution in [2.75, 3.05) is 0 Å². The Balaban J connectivity index is 2.42. The maximum Gasteiger partial charge on any atom is 0.0739 e. The molecule has 2 heterocycles. The lowest BCUT2D eigenvalue weighted by atomic mass is 10.0. The van der Waals surface area contributed by atoms with E-state index in [0.29, 0.717) is 0 Å². The zero-order valence-corrected chi connectivity index (χ0v) is 12.2. The van der Waals surface area contributed by atoms with Gasteiger partial charge >= 0.3 is 0 Å². The van der Waals surface area contributed by atoms with Crippen LogP contribution in [-0.2, 0) is 6.54 Å². The van der Waals surface area contributed by atoms with E-state index < -0.39 is 0 Å². The molecule has 0 amide bonds. The van der Waals surface area contributed by atoms with Gasteiger partial charge in [0.05, 0.1) is 22.4 Å². The monoisotopic (exact) mass is 308 g/mol. The Morgan fingerprint density at radius 3 is 2.89 bits per heavy atom. The minimum absolute atomic E-state index is 0.184. The first-order valence-electron chi connectivity index (χ1n) is 6.02. The molecule has 18 heavy (non-hydrogen) atoms. The molecule has 4 nitrogen and oxygen atoms in total. The second kappa shape index (κ2) is 5.63. The van der Waals surface area contributed by atoms with Crippen molar-refractivity contribution in [2.45, 2.75) is 32.9 Å². The molecule has 0 saturated heterocycles. The van der Waals surface area contributed by atoms with Crippen LogP contribution in [0.15, 0.2) is 29.1 Å². The van der Waals surface area contributed by atoms with E-state index in [1.807, 2.05) is 23.9 Å². The summed E-state index contributed by atoms with van der Waals surface area (Å²) in [5.74, 6) is 0. The van der Waals surface area contributed by atoms with Crippen molar-refractivity contribution in [3.8, 4) is 0 Å². The van der Waals surface area contributed by atoms with Crippen molar-refractivity contribution in [1.29, 1.82) is 0 Å². The average Bonchev–Trinajstić information content (AvgIpc) is 2.71. The van der Waals surface area contributed by atoms with Gasteiger partial charge in [0.2, 0.25) is 0 Å². The van der Waals surface area contributed by atoms with E-state index in [1.165, 1.54) is 0 Å². The summed E-state index contributed by atoms with van der Waals surface area (Å²) < 4.78 is 2.92. The van der Waals surface area contributed by atoms with Gasteiger partial charge in [-0.15, -0.1) is 0 Å². The Morgan fingerprint density at radius 2 is 2.22 bits per heavy atom. The first kappa shape index (κ1) is 13.2. The molecular formula is C13H17BrN4. The second-order valence-electron chi connectivity index (χ2n) is 4.31. The molecule has 96 valence electrons. The lowest BCUT2D eigenvalue weighted by molar-refractivity contribution is 0.558. The highest BCUT2D eigenvalue weighted by Crippen LogP contribution is 2.28. The van der Waals surface area contributed by atoms with Crippen LogP contribution >= 0.6 is 15.9 Å². The third kappa shape index (κ3) is 2.47. The van der Waals surface area contributed by atoms with Gasteiger partial charge in [0.25, 0.3) is 0 Å². The van der Waals surface area contributed by atoms with Crippen LogP contribution in [0.2, 0.25) is 0 Å². The molecule has 5 heteroatoms. The van der Waals surface area contributed by atoms with Crippen LogP contribution in [0.5, 0.6) is 0 Å². The van der Waals surface area contributed by atoms with Gasteiger partial charge in [0.1, 0.15) is 0 Å². The lowest BCUT2D eigenvalue weighted by Gasteiger charge is -2.17. The molecule has 2 rings (SSSR count). The van der Waals surface area contributed by atoms with Crippen molar-refractivity contribution >= 4 is 15.9 Å². The first-order chi connectivity index (χ1) is 8.65. The van der Waals surface area contributed by atoms with Gasteiger partial charge in [-0.25, -0.2) is 0 Å². The van der Waals surface area contributed by atoms with E-state index in [4.69, 9.17) is 5.73 Å². The van der Waals surface area contributed by atoms with E-state index in [-0.39, 0.29) is 6.04 Å². The van der Waals surface area contributed by atoms with Crippen molar-refractivity contribution in [3.05, 3.63) is 46.0 Å². The molecule has 0 fully saturated rings. The number of aryl methyl sites for hydroxylation is 2. The molecule has 0 aliphatic carbocycles. The summed E-state index contributed by atoms with van der Waals surface area (Å²) in [6, 6.07) is 1.78. The van der Waals surface area contributed by atoms with Gasteiger partial charge in [-0.1, -0.05) is 6.92 Å². The van der Waals surface area contributed by atoms with E-state index in [1.54, 1.807) is 12.4 Å². The van der Waals surface area contributed by atoms with Crippen LogP contribution in [0.4, 0.5) is 0 Å². The number of nitrogens with two attached hydrogens (primary N) is 1. The topological polar surface area (TPSA) is 56.7 Å². The summed E-state index contributed by atoms with van der Waals surface area (Å²) in [6.45, 7) is 5.03. The molecule has 0 aliphatic heterocycles. The van der Waals surface area contributed by atoms with E-state index in [0.717, 1.165) is 34.3 Å². The molecule has 2 N–H and O–H groups in total. The van der Waals surface area contributed by atoms with Gasteiger partial charge < -0.3 is 5.73 Å². The summed E-state index contributed by atoms with van der Waals surface area (Å²) >= 11 is 3.53. The molecule has 0 spiro atoms.